The van der Waals surface area contributed by atoms with E-state index in [0.29, 0.717) is 12.3 Å². The summed E-state index contributed by atoms with van der Waals surface area (Å²) in [6.07, 6.45) is 1.57. The van der Waals surface area contributed by atoms with Crippen LogP contribution in [0.5, 0.6) is 0 Å². The van der Waals surface area contributed by atoms with E-state index in [1.54, 1.807) is 4.90 Å². The maximum absolute atomic E-state index is 11.1. The molecule has 0 bridgehead atoms. The zero-order valence-corrected chi connectivity index (χ0v) is 7.53. The molecule has 0 rings (SSSR count). The molecule has 0 aliphatic carbocycles. The number of carbonyl (C=O) groups is 1. The Hall–Kier alpha value is -0.180. The SMILES string of the molecule is CCCC(=O)N(CC)CS. The summed E-state index contributed by atoms with van der Waals surface area (Å²) in [5, 5.41) is 0. The van der Waals surface area contributed by atoms with Crippen molar-refractivity contribution in [2.24, 2.45) is 0 Å². The molecule has 0 radical (unpaired) electrons. The van der Waals surface area contributed by atoms with Crippen molar-refractivity contribution in [1.29, 1.82) is 0 Å². The van der Waals surface area contributed by atoms with Crippen LogP contribution in [-0.2, 0) is 4.79 Å². The molecule has 10 heavy (non-hydrogen) atoms. The molecule has 0 atom stereocenters. The number of nitrogens with zero attached hydrogens (tertiary/aromatic N) is 1. The standard InChI is InChI=1S/C7H15NOS/c1-3-5-7(9)8(4-2)6-10/h10H,3-6H2,1-2H3. The first kappa shape index (κ1) is 9.82. The quantitative estimate of drug-likeness (QED) is 0.489. The monoisotopic (exact) mass is 161 g/mol. The average Bonchev–Trinajstić information content (AvgIpc) is 1.91. The zero-order chi connectivity index (χ0) is 7.98. The van der Waals surface area contributed by atoms with Crippen molar-refractivity contribution in [3.05, 3.63) is 0 Å². The highest BCUT2D eigenvalue weighted by Crippen LogP contribution is 1.97. The molecule has 60 valence electrons. The van der Waals surface area contributed by atoms with Crippen molar-refractivity contribution < 1.29 is 4.79 Å². The fourth-order valence-electron chi connectivity index (χ4n) is 0.727. The fourth-order valence-corrected chi connectivity index (χ4v) is 1.08. The highest BCUT2D eigenvalue weighted by atomic mass is 32.1. The minimum absolute atomic E-state index is 0.208. The highest BCUT2D eigenvalue weighted by molar-refractivity contribution is 7.80. The molecule has 0 aromatic heterocycles. The van der Waals surface area contributed by atoms with Crippen LogP contribution in [-0.4, -0.2) is 23.2 Å². The summed E-state index contributed by atoms with van der Waals surface area (Å²) in [5.41, 5.74) is 0. The molecule has 0 N–H and O–H groups in total. The van der Waals surface area contributed by atoms with Crippen LogP contribution in [0.25, 0.3) is 0 Å². The third-order valence-corrected chi connectivity index (χ3v) is 1.71. The molecule has 0 saturated carbocycles. The van der Waals surface area contributed by atoms with E-state index >= 15 is 0 Å². The van der Waals surface area contributed by atoms with Crippen molar-refractivity contribution in [3.8, 4) is 0 Å². The second kappa shape index (κ2) is 5.59. The Bertz CT molecular complexity index is 102. The topological polar surface area (TPSA) is 20.3 Å². The Morgan fingerprint density at radius 3 is 2.40 bits per heavy atom. The fraction of sp³-hybridized carbons (Fsp3) is 0.857. The highest BCUT2D eigenvalue weighted by Gasteiger charge is 2.06. The minimum Gasteiger partial charge on any atom is -0.334 e. The summed E-state index contributed by atoms with van der Waals surface area (Å²) in [5.74, 6) is 0.745. The van der Waals surface area contributed by atoms with Gasteiger partial charge in [0.15, 0.2) is 0 Å². The van der Waals surface area contributed by atoms with Gasteiger partial charge in [0, 0.05) is 13.0 Å². The van der Waals surface area contributed by atoms with Crippen LogP contribution in [0.4, 0.5) is 0 Å². The Morgan fingerprint density at radius 1 is 1.50 bits per heavy atom. The Morgan fingerprint density at radius 2 is 2.10 bits per heavy atom. The normalized spacial score (nSPS) is 9.50. The van der Waals surface area contributed by atoms with Gasteiger partial charge < -0.3 is 4.90 Å². The smallest absolute Gasteiger partial charge is 0.223 e. The van der Waals surface area contributed by atoms with Crippen LogP contribution in [0.15, 0.2) is 0 Å². The van der Waals surface area contributed by atoms with Crippen LogP contribution < -0.4 is 0 Å². The summed E-state index contributed by atoms with van der Waals surface area (Å²) in [6.45, 7) is 4.73. The summed E-state index contributed by atoms with van der Waals surface area (Å²) in [7, 11) is 0. The summed E-state index contributed by atoms with van der Waals surface area (Å²) in [6, 6.07) is 0. The van der Waals surface area contributed by atoms with Crippen molar-refractivity contribution >= 4 is 18.5 Å². The van der Waals surface area contributed by atoms with E-state index in [0.717, 1.165) is 13.0 Å². The molecular formula is C7H15NOS. The Kier molecular flexibility index (Phi) is 5.49. The molecule has 0 unspecified atom stereocenters. The summed E-state index contributed by atoms with van der Waals surface area (Å²) in [4.78, 5) is 12.8. The number of amides is 1. The van der Waals surface area contributed by atoms with Crippen LogP contribution in [0.3, 0.4) is 0 Å². The largest absolute Gasteiger partial charge is 0.334 e. The van der Waals surface area contributed by atoms with Gasteiger partial charge in [-0.2, -0.15) is 12.6 Å². The van der Waals surface area contributed by atoms with Crippen molar-refractivity contribution in [3.63, 3.8) is 0 Å². The molecule has 0 spiro atoms. The second-order valence-electron chi connectivity index (χ2n) is 2.14. The first-order chi connectivity index (χ1) is 4.76. The van der Waals surface area contributed by atoms with Crippen molar-refractivity contribution in [2.45, 2.75) is 26.7 Å². The van der Waals surface area contributed by atoms with E-state index in [9.17, 15) is 4.79 Å². The Labute approximate surface area is 68.0 Å². The van der Waals surface area contributed by atoms with Gasteiger partial charge in [-0.3, -0.25) is 4.79 Å². The lowest BCUT2D eigenvalue weighted by Crippen LogP contribution is -2.29. The Balaban J connectivity index is 3.65. The summed E-state index contributed by atoms with van der Waals surface area (Å²) < 4.78 is 0. The minimum atomic E-state index is 0.208. The van der Waals surface area contributed by atoms with E-state index in [2.05, 4.69) is 12.6 Å². The van der Waals surface area contributed by atoms with Crippen LogP contribution in [0.1, 0.15) is 26.7 Å². The third kappa shape index (κ3) is 3.11. The van der Waals surface area contributed by atoms with Gasteiger partial charge in [0.1, 0.15) is 0 Å². The molecule has 3 heteroatoms. The van der Waals surface area contributed by atoms with E-state index in [-0.39, 0.29) is 5.91 Å². The zero-order valence-electron chi connectivity index (χ0n) is 6.63. The number of hydrogen-bond acceptors (Lipinski definition) is 2. The van der Waals surface area contributed by atoms with Gasteiger partial charge in [-0.05, 0) is 13.3 Å². The number of thiol groups is 1. The molecule has 2 nitrogen and oxygen atoms in total. The first-order valence-corrected chi connectivity index (χ1v) is 4.28. The predicted molar refractivity (Wildman–Crippen MR) is 46.1 cm³/mol. The summed E-state index contributed by atoms with van der Waals surface area (Å²) >= 11 is 4.03. The molecule has 1 amide bonds. The molecule has 0 heterocycles. The number of hydrogen-bond donors (Lipinski definition) is 1. The molecule has 0 fully saturated rings. The van der Waals surface area contributed by atoms with Gasteiger partial charge in [-0.1, -0.05) is 6.92 Å². The van der Waals surface area contributed by atoms with Crippen molar-refractivity contribution in [2.75, 3.05) is 12.4 Å². The first-order valence-electron chi connectivity index (χ1n) is 3.64. The second-order valence-corrected chi connectivity index (χ2v) is 2.42. The van der Waals surface area contributed by atoms with Crippen LogP contribution in [0, 0.1) is 0 Å². The average molecular weight is 161 g/mol. The molecule has 0 aromatic carbocycles. The molecule has 0 saturated heterocycles. The maximum atomic E-state index is 11.1. The maximum Gasteiger partial charge on any atom is 0.223 e. The van der Waals surface area contributed by atoms with E-state index in [4.69, 9.17) is 0 Å². The van der Waals surface area contributed by atoms with Gasteiger partial charge in [0.05, 0.1) is 5.88 Å². The molecule has 0 aromatic rings. The number of rotatable bonds is 4. The van der Waals surface area contributed by atoms with Gasteiger partial charge in [-0.15, -0.1) is 0 Å². The third-order valence-electron chi connectivity index (χ3n) is 1.37. The number of carbonyl (C=O) groups excluding carboxylic acids is 1. The lowest BCUT2D eigenvalue weighted by Gasteiger charge is -2.16. The molecule has 0 aliphatic heterocycles. The van der Waals surface area contributed by atoms with Gasteiger partial charge in [0.25, 0.3) is 0 Å². The van der Waals surface area contributed by atoms with Crippen LogP contribution >= 0.6 is 12.6 Å². The lowest BCUT2D eigenvalue weighted by atomic mass is 10.3. The molecular weight excluding hydrogens is 146 g/mol. The predicted octanol–water partition coefficient (Wildman–Crippen LogP) is 1.52. The van der Waals surface area contributed by atoms with Crippen LogP contribution in [0.2, 0.25) is 0 Å². The van der Waals surface area contributed by atoms with Gasteiger partial charge >= 0.3 is 0 Å². The molecule has 0 aliphatic rings. The van der Waals surface area contributed by atoms with Gasteiger partial charge in [0.2, 0.25) is 5.91 Å². The van der Waals surface area contributed by atoms with Crippen molar-refractivity contribution in [1.82, 2.24) is 4.90 Å². The van der Waals surface area contributed by atoms with E-state index < -0.39 is 0 Å². The van der Waals surface area contributed by atoms with Gasteiger partial charge in [-0.25, -0.2) is 0 Å². The van der Waals surface area contributed by atoms with E-state index in [1.165, 1.54) is 0 Å². The lowest BCUT2D eigenvalue weighted by molar-refractivity contribution is -0.130. The van der Waals surface area contributed by atoms with E-state index in [1.807, 2.05) is 13.8 Å².